The van der Waals surface area contributed by atoms with Crippen molar-refractivity contribution in [2.75, 3.05) is 20.8 Å². The van der Waals surface area contributed by atoms with E-state index in [0.29, 0.717) is 13.2 Å². The van der Waals surface area contributed by atoms with E-state index in [1.54, 1.807) is 14.2 Å². The molecule has 26 heavy (non-hydrogen) atoms. The van der Waals surface area contributed by atoms with E-state index in [1.807, 2.05) is 45.9 Å². The van der Waals surface area contributed by atoms with E-state index in [2.05, 4.69) is 13.8 Å². The maximum Gasteiger partial charge on any atom is 0.498 e. The van der Waals surface area contributed by atoms with Crippen molar-refractivity contribution >= 4 is 12.6 Å². The Kier molecular flexibility index (Phi) is 6.44. The average Bonchev–Trinajstić information content (AvgIpc) is 2.79. The first-order valence-corrected chi connectivity index (χ1v) is 9.17. The monoisotopic (exact) mass is 364 g/mol. The number of ether oxygens (including phenoxy) is 3. The van der Waals surface area contributed by atoms with Gasteiger partial charge in [-0.1, -0.05) is 12.1 Å². The van der Waals surface area contributed by atoms with Crippen LogP contribution >= 0.6 is 0 Å². The molecule has 0 saturated carbocycles. The van der Waals surface area contributed by atoms with Gasteiger partial charge in [0.15, 0.2) is 0 Å². The quantitative estimate of drug-likeness (QED) is 0.523. The average molecular weight is 364 g/mol. The second-order valence-corrected chi connectivity index (χ2v) is 8.43. The lowest BCUT2D eigenvalue weighted by atomic mass is 9.77. The molecule has 0 unspecified atom stereocenters. The number of hydrogen-bond donors (Lipinski definition) is 0. The Bertz CT molecular complexity index is 596. The van der Waals surface area contributed by atoms with Crippen LogP contribution in [0.2, 0.25) is 0 Å². The zero-order valence-corrected chi connectivity index (χ0v) is 17.5. The molecule has 1 aliphatic rings. The van der Waals surface area contributed by atoms with Crippen LogP contribution in [-0.2, 0) is 25.4 Å². The van der Waals surface area contributed by atoms with Crippen molar-refractivity contribution in [2.24, 2.45) is 0 Å². The highest BCUT2D eigenvalue weighted by Crippen LogP contribution is 2.37. The molecule has 0 atom stereocenters. The van der Waals surface area contributed by atoms with Crippen molar-refractivity contribution in [1.29, 1.82) is 0 Å². The molecule has 2 rings (SSSR count). The molecule has 1 saturated heterocycles. The van der Waals surface area contributed by atoms with Crippen LogP contribution in [-0.4, -0.2) is 44.7 Å². The van der Waals surface area contributed by atoms with E-state index >= 15 is 0 Å². The van der Waals surface area contributed by atoms with E-state index in [-0.39, 0.29) is 16.8 Å². The van der Waals surface area contributed by atoms with Crippen LogP contribution in [0.3, 0.4) is 0 Å². The lowest BCUT2D eigenvalue weighted by Gasteiger charge is -2.32. The van der Waals surface area contributed by atoms with E-state index in [9.17, 15) is 0 Å². The Labute approximate surface area is 158 Å². The zero-order chi connectivity index (χ0) is 19.6. The summed E-state index contributed by atoms with van der Waals surface area (Å²) >= 11 is 0. The topological polar surface area (TPSA) is 46.2 Å². The summed E-state index contributed by atoms with van der Waals surface area (Å²) in [6.45, 7) is 13.5. The van der Waals surface area contributed by atoms with Crippen molar-refractivity contribution in [3.8, 4) is 5.75 Å². The van der Waals surface area contributed by atoms with E-state index in [0.717, 1.165) is 23.2 Å². The van der Waals surface area contributed by atoms with Crippen LogP contribution in [0.1, 0.15) is 53.5 Å². The molecule has 0 aliphatic carbocycles. The highest BCUT2D eigenvalue weighted by Gasteiger charge is 2.52. The summed E-state index contributed by atoms with van der Waals surface area (Å²) < 4.78 is 29.1. The van der Waals surface area contributed by atoms with Gasteiger partial charge in [-0.25, -0.2) is 0 Å². The van der Waals surface area contributed by atoms with Crippen molar-refractivity contribution in [2.45, 2.75) is 71.4 Å². The summed E-state index contributed by atoms with van der Waals surface area (Å²) in [5, 5.41) is 0. The minimum Gasteiger partial charge on any atom is -0.497 e. The van der Waals surface area contributed by atoms with Gasteiger partial charge < -0.3 is 23.5 Å². The molecule has 1 fully saturated rings. The number of benzene rings is 1. The molecule has 146 valence electrons. The maximum atomic E-state index is 6.17. The second kappa shape index (κ2) is 7.89. The largest absolute Gasteiger partial charge is 0.498 e. The summed E-state index contributed by atoms with van der Waals surface area (Å²) in [4.78, 5) is 0. The molecule has 6 heteroatoms. The summed E-state index contributed by atoms with van der Waals surface area (Å²) in [5.74, 6) is 0.757. The number of methoxy groups -OCH3 is 2. The maximum absolute atomic E-state index is 6.17. The van der Waals surface area contributed by atoms with Crippen LogP contribution in [0.4, 0.5) is 0 Å². The van der Waals surface area contributed by atoms with Gasteiger partial charge in [-0.3, -0.25) is 0 Å². The van der Waals surface area contributed by atoms with Gasteiger partial charge in [-0.2, -0.15) is 0 Å². The van der Waals surface area contributed by atoms with Gasteiger partial charge in [-0.05, 0) is 59.6 Å². The van der Waals surface area contributed by atoms with Gasteiger partial charge in [0.2, 0.25) is 0 Å². The van der Waals surface area contributed by atoms with Crippen LogP contribution in [0, 0.1) is 0 Å². The van der Waals surface area contributed by atoms with Gasteiger partial charge in [-0.15, -0.1) is 0 Å². The Balaban J connectivity index is 2.07. The Morgan fingerprint density at radius 2 is 1.65 bits per heavy atom. The number of rotatable bonds is 8. The lowest BCUT2D eigenvalue weighted by Crippen LogP contribution is -2.41. The minimum atomic E-state index is -0.456. The van der Waals surface area contributed by atoms with Crippen LogP contribution < -0.4 is 10.2 Å². The van der Waals surface area contributed by atoms with Crippen molar-refractivity contribution in [3.63, 3.8) is 0 Å². The zero-order valence-electron chi connectivity index (χ0n) is 17.5. The van der Waals surface area contributed by atoms with Gasteiger partial charge in [0.25, 0.3) is 0 Å². The summed E-state index contributed by atoms with van der Waals surface area (Å²) in [5.41, 5.74) is 1.01. The molecule has 0 spiro atoms. The second-order valence-electron chi connectivity index (χ2n) is 8.43. The van der Waals surface area contributed by atoms with Crippen LogP contribution in [0.5, 0.6) is 5.75 Å². The molecular weight excluding hydrogens is 331 g/mol. The smallest absolute Gasteiger partial charge is 0.497 e. The molecule has 1 aromatic carbocycles. The fourth-order valence-corrected chi connectivity index (χ4v) is 2.64. The predicted molar refractivity (Wildman–Crippen MR) is 104 cm³/mol. The molecule has 0 N–H and O–H groups in total. The fraction of sp³-hybridized carbons (Fsp3) is 0.700. The first-order valence-electron chi connectivity index (χ1n) is 9.17. The Morgan fingerprint density at radius 1 is 1.04 bits per heavy atom. The SMILES string of the molecule is COc1ccc(COCCC(C)(C)OC)cc1B1OC(C)(C)C(C)(C)O1. The third-order valence-electron chi connectivity index (χ3n) is 5.47. The molecular formula is C20H33BO5. The Hall–Kier alpha value is -1.08. The Morgan fingerprint density at radius 3 is 2.19 bits per heavy atom. The predicted octanol–water partition coefficient (Wildman–Crippen LogP) is 3.33. The highest BCUT2D eigenvalue weighted by molar-refractivity contribution is 6.63. The first-order chi connectivity index (χ1) is 12.0. The fourth-order valence-electron chi connectivity index (χ4n) is 2.64. The van der Waals surface area contributed by atoms with E-state index in [1.165, 1.54) is 0 Å². The van der Waals surface area contributed by atoms with Crippen LogP contribution in [0.15, 0.2) is 18.2 Å². The molecule has 5 nitrogen and oxygen atoms in total. The van der Waals surface area contributed by atoms with Gasteiger partial charge in [0.1, 0.15) is 5.75 Å². The molecule has 0 aromatic heterocycles. The summed E-state index contributed by atoms with van der Waals surface area (Å²) in [6, 6.07) is 6.00. The normalized spacial score (nSPS) is 19.0. The first kappa shape index (κ1) is 21.2. The van der Waals surface area contributed by atoms with E-state index in [4.69, 9.17) is 23.5 Å². The molecule has 0 amide bonds. The third kappa shape index (κ3) is 4.80. The summed E-state index contributed by atoms with van der Waals surface area (Å²) in [6.07, 6.45) is 0.837. The molecule has 0 radical (unpaired) electrons. The summed E-state index contributed by atoms with van der Waals surface area (Å²) in [7, 11) is 2.93. The van der Waals surface area contributed by atoms with Gasteiger partial charge >= 0.3 is 7.12 Å². The van der Waals surface area contributed by atoms with Gasteiger partial charge in [0.05, 0.1) is 30.5 Å². The molecule has 1 aliphatic heterocycles. The lowest BCUT2D eigenvalue weighted by molar-refractivity contribution is -0.0124. The minimum absolute atomic E-state index is 0.173. The standard InChI is InChI=1S/C20H33BO5/c1-18(2,23-8)11-12-24-14-15-9-10-17(22-7)16(13-15)21-25-19(3,4)20(5,6)26-21/h9-10,13H,11-12,14H2,1-8H3. The molecule has 0 bridgehead atoms. The number of hydrogen-bond acceptors (Lipinski definition) is 5. The molecule has 1 aromatic rings. The highest BCUT2D eigenvalue weighted by atomic mass is 16.7. The third-order valence-corrected chi connectivity index (χ3v) is 5.47. The van der Waals surface area contributed by atoms with Crippen molar-refractivity contribution in [1.82, 2.24) is 0 Å². The van der Waals surface area contributed by atoms with Gasteiger partial charge in [0, 0.05) is 19.2 Å². The van der Waals surface area contributed by atoms with Crippen LogP contribution in [0.25, 0.3) is 0 Å². The van der Waals surface area contributed by atoms with E-state index < -0.39 is 7.12 Å². The van der Waals surface area contributed by atoms with Crippen molar-refractivity contribution in [3.05, 3.63) is 23.8 Å². The van der Waals surface area contributed by atoms with Crippen molar-refractivity contribution < 1.29 is 23.5 Å². The molecule has 1 heterocycles.